The van der Waals surface area contributed by atoms with Crippen molar-refractivity contribution in [2.24, 2.45) is 0 Å². The number of aliphatic carboxylic acids is 1. The van der Waals surface area contributed by atoms with Crippen molar-refractivity contribution in [3.05, 3.63) is 0 Å². The van der Waals surface area contributed by atoms with Crippen molar-refractivity contribution in [3.8, 4) is 0 Å². The summed E-state index contributed by atoms with van der Waals surface area (Å²) in [7, 11) is 0. The molecule has 2 atom stereocenters. The number of hydrogen-bond acceptors (Lipinski definition) is 3. The summed E-state index contributed by atoms with van der Waals surface area (Å²) in [5, 5.41) is 12.7. The Morgan fingerprint density at radius 3 is 2.82 bits per heavy atom. The predicted molar refractivity (Wildman–Crippen MR) is 69.2 cm³/mol. The van der Waals surface area contributed by atoms with Crippen LogP contribution in [0.2, 0.25) is 0 Å². The number of hydrogen-bond donors (Lipinski definition) is 2. The van der Waals surface area contributed by atoms with Crippen molar-refractivity contribution in [1.29, 1.82) is 0 Å². The molecular weight excluding hydrogens is 216 g/mol. The van der Waals surface area contributed by atoms with E-state index in [2.05, 4.69) is 24.1 Å². The first-order valence-corrected chi connectivity index (χ1v) is 6.90. The van der Waals surface area contributed by atoms with E-state index in [0.29, 0.717) is 6.04 Å². The van der Waals surface area contributed by atoms with Gasteiger partial charge in [0.1, 0.15) is 6.04 Å². The average molecular weight is 242 g/mol. The van der Waals surface area contributed by atoms with E-state index >= 15 is 0 Å². The third kappa shape index (κ3) is 4.28. The Labute approximate surface area is 104 Å². The van der Waals surface area contributed by atoms with Crippen molar-refractivity contribution < 1.29 is 9.90 Å². The van der Waals surface area contributed by atoms with Crippen LogP contribution >= 0.6 is 0 Å². The first-order valence-electron chi connectivity index (χ1n) is 6.90. The third-order valence-corrected chi connectivity index (χ3v) is 3.55. The molecule has 1 fully saturated rings. The second-order valence-electron chi connectivity index (χ2n) is 4.84. The molecule has 0 aromatic heterocycles. The standard InChI is InChI=1S/C13H26N2O2/c1-3-7-12(13(16)17)15-9-6-5-8-11(15)10-14-4-2/h11-12,14H,3-10H2,1-2H3,(H,16,17). The summed E-state index contributed by atoms with van der Waals surface area (Å²) in [5.41, 5.74) is 0. The minimum absolute atomic E-state index is 0.288. The fraction of sp³-hybridized carbons (Fsp3) is 0.923. The molecule has 0 aromatic carbocycles. The molecule has 0 amide bonds. The van der Waals surface area contributed by atoms with Crippen LogP contribution in [0.25, 0.3) is 0 Å². The second-order valence-corrected chi connectivity index (χ2v) is 4.84. The Balaban J connectivity index is 2.63. The Bertz CT molecular complexity index is 233. The number of carboxylic acid groups (broad SMARTS) is 1. The second kappa shape index (κ2) is 7.67. The van der Waals surface area contributed by atoms with E-state index in [1.807, 2.05) is 0 Å². The van der Waals surface area contributed by atoms with Gasteiger partial charge in [0.25, 0.3) is 0 Å². The minimum Gasteiger partial charge on any atom is -0.480 e. The van der Waals surface area contributed by atoms with Crippen LogP contribution in [0.1, 0.15) is 46.0 Å². The summed E-state index contributed by atoms with van der Waals surface area (Å²) in [6.07, 6.45) is 5.18. The van der Waals surface area contributed by atoms with Gasteiger partial charge >= 0.3 is 5.97 Å². The van der Waals surface area contributed by atoms with Crippen LogP contribution in [0, 0.1) is 0 Å². The van der Waals surface area contributed by atoms with Gasteiger partial charge in [-0.15, -0.1) is 0 Å². The molecule has 100 valence electrons. The van der Waals surface area contributed by atoms with Gasteiger partial charge in [-0.2, -0.15) is 0 Å². The zero-order valence-corrected chi connectivity index (χ0v) is 11.1. The van der Waals surface area contributed by atoms with Crippen LogP contribution in [-0.4, -0.2) is 47.7 Å². The van der Waals surface area contributed by atoms with Gasteiger partial charge in [-0.3, -0.25) is 9.69 Å². The lowest BCUT2D eigenvalue weighted by Crippen LogP contribution is -2.53. The van der Waals surface area contributed by atoms with E-state index in [0.717, 1.165) is 45.3 Å². The van der Waals surface area contributed by atoms with Crippen molar-refractivity contribution in [1.82, 2.24) is 10.2 Å². The molecule has 0 radical (unpaired) electrons. The highest BCUT2D eigenvalue weighted by Gasteiger charge is 2.32. The summed E-state index contributed by atoms with van der Waals surface area (Å²) in [6.45, 7) is 6.96. The molecule has 17 heavy (non-hydrogen) atoms. The molecule has 4 nitrogen and oxygen atoms in total. The van der Waals surface area contributed by atoms with Crippen LogP contribution in [0.15, 0.2) is 0 Å². The highest BCUT2D eigenvalue weighted by Crippen LogP contribution is 2.21. The van der Waals surface area contributed by atoms with Crippen molar-refractivity contribution in [2.45, 2.75) is 58.0 Å². The Kier molecular flexibility index (Phi) is 6.52. The van der Waals surface area contributed by atoms with E-state index < -0.39 is 5.97 Å². The fourth-order valence-electron chi connectivity index (χ4n) is 2.67. The van der Waals surface area contributed by atoms with Gasteiger partial charge in [0.2, 0.25) is 0 Å². The van der Waals surface area contributed by atoms with Crippen LogP contribution < -0.4 is 5.32 Å². The number of carbonyl (C=O) groups is 1. The summed E-state index contributed by atoms with van der Waals surface area (Å²) in [4.78, 5) is 13.6. The van der Waals surface area contributed by atoms with Gasteiger partial charge in [0.15, 0.2) is 0 Å². The van der Waals surface area contributed by atoms with Gasteiger partial charge < -0.3 is 10.4 Å². The monoisotopic (exact) mass is 242 g/mol. The van der Waals surface area contributed by atoms with Crippen molar-refractivity contribution >= 4 is 5.97 Å². The first kappa shape index (κ1) is 14.5. The van der Waals surface area contributed by atoms with Gasteiger partial charge in [-0.1, -0.05) is 26.7 Å². The molecule has 4 heteroatoms. The van der Waals surface area contributed by atoms with Crippen molar-refractivity contribution in [2.75, 3.05) is 19.6 Å². The van der Waals surface area contributed by atoms with E-state index in [9.17, 15) is 9.90 Å². The minimum atomic E-state index is -0.657. The molecule has 0 aliphatic carbocycles. The zero-order valence-electron chi connectivity index (χ0n) is 11.1. The number of nitrogens with zero attached hydrogens (tertiary/aromatic N) is 1. The molecule has 2 N–H and O–H groups in total. The molecule has 0 spiro atoms. The van der Waals surface area contributed by atoms with Crippen molar-refractivity contribution in [3.63, 3.8) is 0 Å². The highest BCUT2D eigenvalue weighted by atomic mass is 16.4. The highest BCUT2D eigenvalue weighted by molar-refractivity contribution is 5.73. The summed E-state index contributed by atoms with van der Waals surface area (Å²) >= 11 is 0. The van der Waals surface area contributed by atoms with Gasteiger partial charge in [-0.25, -0.2) is 0 Å². The molecule has 1 saturated heterocycles. The van der Waals surface area contributed by atoms with Crippen LogP contribution in [0.4, 0.5) is 0 Å². The van der Waals surface area contributed by atoms with Gasteiger partial charge in [-0.05, 0) is 32.4 Å². The van der Waals surface area contributed by atoms with Gasteiger partial charge in [0, 0.05) is 12.6 Å². The van der Waals surface area contributed by atoms with Crippen LogP contribution in [-0.2, 0) is 4.79 Å². The quantitative estimate of drug-likeness (QED) is 0.713. The summed E-state index contributed by atoms with van der Waals surface area (Å²) in [6, 6.07) is 0.111. The molecule has 0 saturated carbocycles. The molecule has 1 rings (SSSR count). The SMILES string of the molecule is CCCC(C(=O)O)N1CCCCC1CNCC. The van der Waals surface area contributed by atoms with E-state index in [4.69, 9.17) is 0 Å². The Hall–Kier alpha value is -0.610. The maximum atomic E-state index is 11.3. The normalized spacial score (nSPS) is 23.5. The first-order chi connectivity index (χ1) is 8.20. The topological polar surface area (TPSA) is 52.6 Å². The van der Waals surface area contributed by atoms with E-state index in [1.54, 1.807) is 0 Å². The number of rotatable bonds is 7. The fourth-order valence-corrected chi connectivity index (χ4v) is 2.67. The lowest BCUT2D eigenvalue weighted by molar-refractivity contribution is -0.145. The van der Waals surface area contributed by atoms with E-state index in [1.165, 1.54) is 6.42 Å². The number of carboxylic acids is 1. The molecule has 1 aliphatic heterocycles. The lowest BCUT2D eigenvalue weighted by atomic mass is 9.98. The average Bonchev–Trinajstić information content (AvgIpc) is 2.33. The van der Waals surface area contributed by atoms with Crippen LogP contribution in [0.5, 0.6) is 0 Å². The number of piperidine rings is 1. The van der Waals surface area contributed by atoms with Crippen LogP contribution in [0.3, 0.4) is 0 Å². The number of likely N-dealkylation sites (tertiary alicyclic amines) is 1. The zero-order chi connectivity index (χ0) is 12.7. The predicted octanol–water partition coefficient (Wildman–Crippen LogP) is 1.70. The molecule has 0 bridgehead atoms. The molecular formula is C13H26N2O2. The molecule has 2 unspecified atom stereocenters. The molecule has 1 aliphatic rings. The maximum Gasteiger partial charge on any atom is 0.320 e. The number of likely N-dealkylation sites (N-methyl/N-ethyl adjacent to an activating group) is 1. The molecule has 0 aromatic rings. The molecule has 1 heterocycles. The third-order valence-electron chi connectivity index (χ3n) is 3.55. The smallest absolute Gasteiger partial charge is 0.320 e. The van der Waals surface area contributed by atoms with E-state index in [-0.39, 0.29) is 6.04 Å². The summed E-state index contributed by atoms with van der Waals surface area (Å²) < 4.78 is 0. The lowest BCUT2D eigenvalue weighted by Gasteiger charge is -2.39. The van der Waals surface area contributed by atoms with Gasteiger partial charge in [0.05, 0.1) is 0 Å². The number of nitrogens with one attached hydrogen (secondary N) is 1. The summed E-state index contributed by atoms with van der Waals surface area (Å²) in [5.74, 6) is -0.657. The Morgan fingerprint density at radius 2 is 2.24 bits per heavy atom. The Morgan fingerprint density at radius 1 is 1.47 bits per heavy atom. The maximum absolute atomic E-state index is 11.3. The largest absolute Gasteiger partial charge is 0.480 e.